The molecular formula is C12H28N2. The fourth-order valence-corrected chi connectivity index (χ4v) is 2.30. The molecule has 2 aliphatic heterocycles. The molecule has 2 heterocycles. The van der Waals surface area contributed by atoms with Gasteiger partial charge in [-0.25, -0.2) is 0 Å². The standard InChI is InChI=1S/C8H16N2.2C2H6/c1-10-6-4-8(7-10)3-2-5-9-8;2*1-2/h9H,2-7H2,1H3;2*1-2H3. The van der Waals surface area contributed by atoms with E-state index in [-0.39, 0.29) is 0 Å². The largest absolute Gasteiger partial charge is 0.310 e. The molecule has 2 saturated heterocycles. The summed E-state index contributed by atoms with van der Waals surface area (Å²) in [6, 6.07) is 0. The Balaban J connectivity index is 0.000000379. The molecule has 0 saturated carbocycles. The van der Waals surface area contributed by atoms with Crippen LogP contribution in [0.1, 0.15) is 47.0 Å². The average Bonchev–Trinajstić information content (AvgIpc) is 2.84. The second-order valence-electron chi connectivity index (χ2n) is 3.80. The van der Waals surface area contributed by atoms with Crippen LogP contribution in [0.4, 0.5) is 0 Å². The summed E-state index contributed by atoms with van der Waals surface area (Å²) >= 11 is 0. The molecule has 1 atom stereocenters. The summed E-state index contributed by atoms with van der Waals surface area (Å²) in [5.41, 5.74) is 0.536. The Morgan fingerprint density at radius 3 is 2.07 bits per heavy atom. The van der Waals surface area contributed by atoms with E-state index in [1.54, 1.807) is 0 Å². The molecule has 0 amide bonds. The summed E-state index contributed by atoms with van der Waals surface area (Å²) in [6.45, 7) is 11.8. The van der Waals surface area contributed by atoms with Crippen LogP contribution in [-0.4, -0.2) is 37.1 Å². The fourth-order valence-electron chi connectivity index (χ4n) is 2.30. The Labute approximate surface area is 90.1 Å². The van der Waals surface area contributed by atoms with Crippen LogP contribution in [0.3, 0.4) is 0 Å². The van der Waals surface area contributed by atoms with Gasteiger partial charge in [-0.2, -0.15) is 0 Å². The fraction of sp³-hybridized carbons (Fsp3) is 1.00. The monoisotopic (exact) mass is 200 g/mol. The first kappa shape index (κ1) is 13.9. The molecule has 1 N–H and O–H groups in total. The predicted octanol–water partition coefficient (Wildman–Crippen LogP) is 2.50. The van der Waals surface area contributed by atoms with Crippen LogP contribution < -0.4 is 5.32 Å². The topological polar surface area (TPSA) is 15.3 Å². The molecule has 0 aromatic carbocycles. The van der Waals surface area contributed by atoms with Crippen LogP contribution in [0, 0.1) is 0 Å². The molecule has 2 heteroatoms. The van der Waals surface area contributed by atoms with Gasteiger partial charge >= 0.3 is 0 Å². The van der Waals surface area contributed by atoms with Crippen molar-refractivity contribution in [2.45, 2.75) is 52.5 Å². The molecule has 14 heavy (non-hydrogen) atoms. The van der Waals surface area contributed by atoms with Crippen LogP contribution in [0.25, 0.3) is 0 Å². The Morgan fingerprint density at radius 2 is 1.71 bits per heavy atom. The molecule has 1 spiro atoms. The number of hydrogen-bond donors (Lipinski definition) is 1. The third kappa shape index (κ3) is 3.58. The molecule has 0 aromatic rings. The van der Waals surface area contributed by atoms with Crippen molar-refractivity contribution in [3.63, 3.8) is 0 Å². The van der Waals surface area contributed by atoms with Gasteiger partial charge in [-0.15, -0.1) is 0 Å². The number of nitrogens with zero attached hydrogens (tertiary/aromatic N) is 1. The first-order valence-corrected chi connectivity index (χ1v) is 6.24. The lowest BCUT2D eigenvalue weighted by Crippen LogP contribution is -2.41. The van der Waals surface area contributed by atoms with E-state index in [0.29, 0.717) is 5.54 Å². The lowest BCUT2D eigenvalue weighted by atomic mass is 9.97. The summed E-state index contributed by atoms with van der Waals surface area (Å²) in [4.78, 5) is 2.43. The highest BCUT2D eigenvalue weighted by atomic mass is 15.2. The van der Waals surface area contributed by atoms with Crippen molar-refractivity contribution in [2.75, 3.05) is 26.7 Å². The zero-order valence-electron chi connectivity index (χ0n) is 10.7. The van der Waals surface area contributed by atoms with Gasteiger partial charge in [0.1, 0.15) is 0 Å². The zero-order chi connectivity index (χ0) is 11.0. The van der Waals surface area contributed by atoms with Crippen molar-refractivity contribution in [3.05, 3.63) is 0 Å². The SMILES string of the molecule is CC.CC.CN1CCC2(CCCN2)C1. The quantitative estimate of drug-likeness (QED) is 0.646. The molecule has 1 unspecified atom stereocenters. The molecule has 2 fully saturated rings. The van der Waals surface area contributed by atoms with Gasteiger partial charge in [-0.3, -0.25) is 0 Å². The van der Waals surface area contributed by atoms with E-state index in [4.69, 9.17) is 0 Å². The lowest BCUT2D eigenvalue weighted by molar-refractivity contribution is 0.344. The van der Waals surface area contributed by atoms with Gasteiger partial charge in [0.2, 0.25) is 0 Å². The second kappa shape index (κ2) is 7.24. The summed E-state index contributed by atoms with van der Waals surface area (Å²) in [7, 11) is 2.22. The van der Waals surface area contributed by atoms with E-state index < -0.39 is 0 Å². The normalized spacial score (nSPS) is 30.6. The van der Waals surface area contributed by atoms with Crippen LogP contribution in [0.5, 0.6) is 0 Å². The summed E-state index contributed by atoms with van der Waals surface area (Å²) in [6.07, 6.45) is 4.15. The van der Waals surface area contributed by atoms with E-state index in [1.165, 1.54) is 38.9 Å². The van der Waals surface area contributed by atoms with Crippen molar-refractivity contribution in [1.29, 1.82) is 0 Å². The van der Waals surface area contributed by atoms with Crippen molar-refractivity contribution >= 4 is 0 Å². The van der Waals surface area contributed by atoms with Crippen molar-refractivity contribution in [3.8, 4) is 0 Å². The minimum Gasteiger partial charge on any atom is -0.310 e. The molecule has 2 nitrogen and oxygen atoms in total. The van der Waals surface area contributed by atoms with Crippen LogP contribution in [0.15, 0.2) is 0 Å². The van der Waals surface area contributed by atoms with Gasteiger partial charge in [-0.1, -0.05) is 27.7 Å². The van der Waals surface area contributed by atoms with Gasteiger partial charge in [0.05, 0.1) is 0 Å². The molecular weight excluding hydrogens is 172 g/mol. The molecule has 0 bridgehead atoms. The van der Waals surface area contributed by atoms with Gasteiger partial charge in [0.25, 0.3) is 0 Å². The Kier molecular flexibility index (Phi) is 7.20. The summed E-state index contributed by atoms with van der Waals surface area (Å²) in [5, 5.41) is 3.62. The molecule has 0 aliphatic carbocycles. The van der Waals surface area contributed by atoms with Gasteiger partial charge in [0, 0.05) is 12.1 Å². The maximum Gasteiger partial charge on any atom is 0.0321 e. The van der Waals surface area contributed by atoms with E-state index in [9.17, 15) is 0 Å². The lowest BCUT2D eigenvalue weighted by Gasteiger charge is -2.22. The van der Waals surface area contributed by atoms with Crippen molar-refractivity contribution in [1.82, 2.24) is 10.2 Å². The molecule has 0 aromatic heterocycles. The van der Waals surface area contributed by atoms with Crippen molar-refractivity contribution in [2.24, 2.45) is 0 Å². The number of likely N-dealkylation sites (N-methyl/N-ethyl adjacent to an activating group) is 1. The maximum absolute atomic E-state index is 3.62. The first-order valence-electron chi connectivity index (χ1n) is 6.24. The highest BCUT2D eigenvalue weighted by Gasteiger charge is 2.38. The molecule has 2 aliphatic rings. The van der Waals surface area contributed by atoms with Crippen LogP contribution >= 0.6 is 0 Å². The predicted molar refractivity (Wildman–Crippen MR) is 64.8 cm³/mol. The second-order valence-corrected chi connectivity index (χ2v) is 3.80. The first-order chi connectivity index (χ1) is 6.81. The maximum atomic E-state index is 3.62. The highest BCUT2D eigenvalue weighted by Crippen LogP contribution is 2.28. The Morgan fingerprint density at radius 1 is 1.07 bits per heavy atom. The van der Waals surface area contributed by atoms with Crippen LogP contribution in [-0.2, 0) is 0 Å². The average molecular weight is 200 g/mol. The zero-order valence-corrected chi connectivity index (χ0v) is 10.7. The number of nitrogens with one attached hydrogen (secondary N) is 1. The van der Waals surface area contributed by atoms with E-state index >= 15 is 0 Å². The smallest absolute Gasteiger partial charge is 0.0321 e. The van der Waals surface area contributed by atoms with Gasteiger partial charge in [0.15, 0.2) is 0 Å². The molecule has 86 valence electrons. The number of hydrogen-bond acceptors (Lipinski definition) is 2. The summed E-state index contributed by atoms with van der Waals surface area (Å²) < 4.78 is 0. The van der Waals surface area contributed by atoms with E-state index in [0.717, 1.165) is 0 Å². The number of likely N-dealkylation sites (tertiary alicyclic amines) is 1. The van der Waals surface area contributed by atoms with Gasteiger partial charge < -0.3 is 10.2 Å². The summed E-state index contributed by atoms with van der Waals surface area (Å²) in [5.74, 6) is 0. The minimum absolute atomic E-state index is 0.536. The molecule has 0 radical (unpaired) electrons. The van der Waals surface area contributed by atoms with E-state index in [1.807, 2.05) is 27.7 Å². The number of rotatable bonds is 0. The Bertz CT molecular complexity index is 128. The van der Waals surface area contributed by atoms with Crippen molar-refractivity contribution < 1.29 is 0 Å². The third-order valence-corrected chi connectivity index (χ3v) is 2.88. The van der Waals surface area contributed by atoms with E-state index in [2.05, 4.69) is 17.3 Å². The van der Waals surface area contributed by atoms with Gasteiger partial charge in [-0.05, 0) is 39.4 Å². The Hall–Kier alpha value is -0.0800. The molecule has 2 rings (SSSR count). The third-order valence-electron chi connectivity index (χ3n) is 2.88. The van der Waals surface area contributed by atoms with Crippen LogP contribution in [0.2, 0.25) is 0 Å². The minimum atomic E-state index is 0.536. The highest BCUT2D eigenvalue weighted by molar-refractivity contribution is 4.99.